The van der Waals surface area contributed by atoms with E-state index in [0.29, 0.717) is 23.0 Å². The zero-order chi connectivity index (χ0) is 53.1. The van der Waals surface area contributed by atoms with Crippen molar-refractivity contribution in [3.05, 3.63) is 237 Å². The van der Waals surface area contributed by atoms with Crippen LogP contribution >= 0.6 is 0 Å². The summed E-state index contributed by atoms with van der Waals surface area (Å²) in [4.78, 5) is 55.6. The molecule has 0 amide bonds. The van der Waals surface area contributed by atoms with Gasteiger partial charge in [0, 0.05) is 29.7 Å². The average Bonchev–Trinajstić information content (AvgIpc) is 4.07. The first-order valence-corrected chi connectivity index (χ1v) is 25.5. The number of hydrogen-bond acceptors (Lipinski definition) is 12. The van der Waals surface area contributed by atoms with Crippen molar-refractivity contribution in [1.29, 1.82) is 0 Å². The summed E-state index contributed by atoms with van der Waals surface area (Å²) in [5, 5.41) is 0. The van der Waals surface area contributed by atoms with Crippen LogP contribution in [0.25, 0.3) is 0 Å². The predicted octanol–water partition coefficient (Wildman–Crippen LogP) is 14.6. The van der Waals surface area contributed by atoms with Gasteiger partial charge in [-0.1, -0.05) is 149 Å². The molecular formula is C65H52O12. The van der Waals surface area contributed by atoms with Crippen molar-refractivity contribution in [2.24, 2.45) is 0 Å². The van der Waals surface area contributed by atoms with Gasteiger partial charge in [-0.05, 0) is 92.4 Å². The maximum atomic E-state index is 13.9. The Hall–Kier alpha value is -9.16. The summed E-state index contributed by atoms with van der Waals surface area (Å²) in [6.07, 6.45) is 1.47. The molecule has 1 spiro atoms. The van der Waals surface area contributed by atoms with Crippen LogP contribution in [0, 0.1) is 0 Å². The van der Waals surface area contributed by atoms with Gasteiger partial charge in [-0.3, -0.25) is 0 Å². The van der Waals surface area contributed by atoms with Gasteiger partial charge in [-0.2, -0.15) is 0 Å². The Morgan fingerprint density at radius 2 is 0.558 bits per heavy atom. The van der Waals surface area contributed by atoms with Crippen LogP contribution in [-0.2, 0) is 61.6 Å². The van der Waals surface area contributed by atoms with Crippen LogP contribution in [0.4, 0.5) is 0 Å². The minimum absolute atomic E-state index is 0.00467. The third kappa shape index (κ3) is 9.19. The first kappa shape index (κ1) is 48.8. The number of hydrogen-bond donors (Lipinski definition) is 0. The Morgan fingerprint density at radius 3 is 0.805 bits per heavy atom. The quantitative estimate of drug-likeness (QED) is 0.0849. The third-order valence-electron chi connectivity index (χ3n) is 14.9. The number of carbonyl (C=O) groups is 4. The van der Waals surface area contributed by atoms with Gasteiger partial charge < -0.3 is 37.9 Å². The molecule has 8 aromatic carbocycles. The molecule has 12 nitrogen and oxygen atoms in total. The van der Waals surface area contributed by atoms with E-state index in [4.69, 9.17) is 37.9 Å². The van der Waals surface area contributed by atoms with Gasteiger partial charge in [0.15, 0.2) is 46.0 Å². The minimum atomic E-state index is -0.727. The molecule has 0 fully saturated rings. The number of benzene rings is 8. The van der Waals surface area contributed by atoms with E-state index in [1.165, 1.54) is 24.3 Å². The Bertz CT molecular complexity index is 3420. The molecule has 384 valence electrons. The Labute approximate surface area is 445 Å². The smallest absolute Gasteiger partial charge is 0.339 e. The molecule has 2 heterocycles. The molecule has 0 bridgehead atoms. The van der Waals surface area contributed by atoms with Crippen LogP contribution in [0.3, 0.4) is 0 Å². The second kappa shape index (κ2) is 19.2. The molecule has 12 heteroatoms. The van der Waals surface area contributed by atoms with Gasteiger partial charge in [-0.25, -0.2) is 19.2 Å². The summed E-state index contributed by atoms with van der Waals surface area (Å²) in [5.41, 5.74) is 6.05. The topological polar surface area (TPSA) is 142 Å². The second-order valence-electron chi connectivity index (χ2n) is 21.2. The van der Waals surface area contributed by atoms with Crippen LogP contribution < -0.4 is 18.9 Å². The van der Waals surface area contributed by atoms with Crippen molar-refractivity contribution >= 4 is 23.9 Å². The molecule has 4 aliphatic rings. The monoisotopic (exact) mass is 1020 g/mol. The molecule has 0 aromatic heterocycles. The lowest BCUT2D eigenvalue weighted by atomic mass is 9.72. The largest absolute Gasteiger partial charge is 0.457 e. The number of fused-ring (bicyclic) bond motifs is 8. The van der Waals surface area contributed by atoms with E-state index >= 15 is 0 Å². The van der Waals surface area contributed by atoms with Gasteiger partial charge in [0.25, 0.3) is 0 Å². The maximum Gasteiger partial charge on any atom is 0.339 e. The first-order valence-electron chi connectivity index (χ1n) is 25.5. The van der Waals surface area contributed by atoms with Crippen LogP contribution in [0.5, 0.6) is 46.0 Å². The highest BCUT2D eigenvalue weighted by atomic mass is 16.6. The molecular weight excluding hydrogens is 973 g/mol. The third-order valence-corrected chi connectivity index (χ3v) is 14.9. The standard InChI is InChI=1S/C65H52O12/c1-63(2)37-65(49-31-57-55(29-47(49)63)74-51-25-43(59(66)70-33-39-17-9-5-10-18-39)45(27-53(51)76-57)61(68)72-35-41-21-13-7-14-22-41)38-64(3,4)48-30-56-58(32-50(48)65)77-54-28-46(62(69)73-36-42-23-15-8-16-24-42)44(26-52(54)75-56)60(67)71-34-40-19-11-6-12-20-40/h5-32H,33-38H2,1-4H3. The SMILES string of the molecule is CC1(C)CC2(CC(C)(C)c3cc4c(cc32)Oc2cc(C(=O)OCc3ccccc3)c(C(=O)OCc3ccccc3)cc2O4)c2cc3c(cc21)Oc1cc(C(=O)OCc2ccccc2)c(C(=O)OCc2ccccc2)cc1O3. The van der Waals surface area contributed by atoms with Crippen molar-refractivity contribution in [2.45, 2.75) is 83.2 Å². The lowest BCUT2D eigenvalue weighted by Gasteiger charge is -2.31. The lowest BCUT2D eigenvalue weighted by molar-refractivity contribution is 0.0424. The molecule has 0 radical (unpaired) electrons. The zero-order valence-corrected chi connectivity index (χ0v) is 42.8. The number of ether oxygens (including phenoxy) is 8. The molecule has 0 atom stereocenters. The summed E-state index contributed by atoms with van der Waals surface area (Å²) in [6.45, 7) is 8.85. The van der Waals surface area contributed by atoms with Crippen LogP contribution in [0.2, 0.25) is 0 Å². The molecule has 8 aromatic rings. The fourth-order valence-electron chi connectivity index (χ4n) is 11.4. The summed E-state index contributed by atoms with van der Waals surface area (Å²) in [5.74, 6) is -0.129. The Kier molecular flexibility index (Phi) is 12.2. The van der Waals surface area contributed by atoms with Crippen molar-refractivity contribution in [3.63, 3.8) is 0 Å². The lowest BCUT2D eigenvalue weighted by Crippen LogP contribution is -2.27. The fraction of sp³-hybridized carbons (Fsp3) is 0.200. The van der Waals surface area contributed by atoms with Gasteiger partial charge in [0.1, 0.15) is 26.4 Å². The van der Waals surface area contributed by atoms with E-state index in [9.17, 15) is 19.2 Å². The van der Waals surface area contributed by atoms with Gasteiger partial charge in [0.2, 0.25) is 0 Å². The second-order valence-corrected chi connectivity index (χ2v) is 21.2. The molecule has 12 rings (SSSR count). The van der Waals surface area contributed by atoms with Crippen LogP contribution in [-0.4, -0.2) is 23.9 Å². The highest BCUT2D eigenvalue weighted by Gasteiger charge is 2.57. The van der Waals surface area contributed by atoms with E-state index in [-0.39, 0.29) is 82.5 Å². The Morgan fingerprint density at radius 1 is 0.338 bits per heavy atom. The molecule has 0 saturated heterocycles. The Balaban J connectivity index is 0.875. The highest BCUT2D eigenvalue weighted by Crippen LogP contribution is 2.66. The normalized spacial score (nSPS) is 15.0. The van der Waals surface area contributed by atoms with E-state index < -0.39 is 29.3 Å². The van der Waals surface area contributed by atoms with E-state index in [1.54, 1.807) is 0 Å². The minimum Gasteiger partial charge on any atom is -0.457 e. The van der Waals surface area contributed by atoms with E-state index in [2.05, 4.69) is 27.7 Å². The number of carbonyl (C=O) groups excluding carboxylic acids is 4. The number of rotatable bonds is 12. The van der Waals surface area contributed by atoms with E-state index in [0.717, 1.165) is 57.3 Å². The van der Waals surface area contributed by atoms with Crippen molar-refractivity contribution in [2.75, 3.05) is 0 Å². The molecule has 0 saturated carbocycles. The summed E-state index contributed by atoms with van der Waals surface area (Å²) >= 11 is 0. The molecule has 0 N–H and O–H groups in total. The zero-order valence-electron chi connectivity index (χ0n) is 42.8. The van der Waals surface area contributed by atoms with Crippen LogP contribution in [0.15, 0.2) is 170 Å². The molecule has 0 unspecified atom stereocenters. The summed E-state index contributed by atoms with van der Waals surface area (Å²) < 4.78 is 49.7. The number of esters is 4. The predicted molar refractivity (Wildman–Crippen MR) is 284 cm³/mol. The summed E-state index contributed by atoms with van der Waals surface area (Å²) in [6, 6.07) is 51.2. The average molecular weight is 1030 g/mol. The maximum absolute atomic E-state index is 13.9. The molecule has 2 aliphatic heterocycles. The van der Waals surface area contributed by atoms with Crippen molar-refractivity contribution < 1.29 is 57.1 Å². The van der Waals surface area contributed by atoms with E-state index in [1.807, 2.05) is 146 Å². The highest BCUT2D eigenvalue weighted by molar-refractivity contribution is 6.05. The van der Waals surface area contributed by atoms with Crippen molar-refractivity contribution in [3.8, 4) is 46.0 Å². The molecule has 77 heavy (non-hydrogen) atoms. The molecule has 2 aliphatic carbocycles. The van der Waals surface area contributed by atoms with Gasteiger partial charge >= 0.3 is 23.9 Å². The summed E-state index contributed by atoms with van der Waals surface area (Å²) in [7, 11) is 0. The fourth-order valence-corrected chi connectivity index (χ4v) is 11.4. The first-order chi connectivity index (χ1) is 37.2. The van der Waals surface area contributed by atoms with Crippen LogP contribution in [0.1, 0.15) is 126 Å². The van der Waals surface area contributed by atoms with Gasteiger partial charge in [-0.15, -0.1) is 0 Å². The van der Waals surface area contributed by atoms with Crippen molar-refractivity contribution in [1.82, 2.24) is 0 Å². The van der Waals surface area contributed by atoms with Gasteiger partial charge in [0.05, 0.1) is 22.3 Å².